The van der Waals surface area contributed by atoms with Crippen LogP contribution < -0.4 is 4.90 Å². The number of anilines is 1. The first-order valence-electron chi connectivity index (χ1n) is 6.38. The van der Waals surface area contributed by atoms with Gasteiger partial charge in [-0.1, -0.05) is 12.1 Å². The van der Waals surface area contributed by atoms with E-state index < -0.39 is 11.5 Å². The molecule has 4 nitrogen and oxygen atoms in total. The molecule has 1 aromatic carbocycles. The van der Waals surface area contributed by atoms with Gasteiger partial charge in [0.2, 0.25) is 0 Å². The number of hydrogen-bond donors (Lipinski definition) is 1. The Balaban J connectivity index is 2.15. The van der Waals surface area contributed by atoms with Crippen molar-refractivity contribution in [1.29, 1.82) is 0 Å². The first-order valence-corrected chi connectivity index (χ1v) is 7.17. The Morgan fingerprint density at radius 3 is 2.37 bits per heavy atom. The van der Waals surface area contributed by atoms with Crippen LogP contribution in [0.15, 0.2) is 28.7 Å². The Bertz CT molecular complexity index is 468. The second-order valence-electron chi connectivity index (χ2n) is 5.17. The molecule has 1 fully saturated rings. The summed E-state index contributed by atoms with van der Waals surface area (Å²) in [5.74, 6) is -0.718. The van der Waals surface area contributed by atoms with Crippen molar-refractivity contribution < 1.29 is 9.90 Å². The Morgan fingerprint density at radius 1 is 1.32 bits per heavy atom. The maximum absolute atomic E-state index is 11.6. The Labute approximate surface area is 122 Å². The maximum Gasteiger partial charge on any atom is 0.324 e. The predicted molar refractivity (Wildman–Crippen MR) is 79.6 cm³/mol. The standard InChI is InChI=1S/C14H19BrN2O2/c1-16(2)14(13(18)19)7-9-17(10-8-14)12-6-4-3-5-11(12)15/h3-6H,7-10H2,1-2H3,(H,18,19). The van der Waals surface area contributed by atoms with Crippen LogP contribution in [0.1, 0.15) is 12.8 Å². The van der Waals surface area contributed by atoms with Crippen LogP contribution in [-0.4, -0.2) is 48.7 Å². The molecule has 0 aromatic heterocycles. The molecule has 1 heterocycles. The normalized spacial score (nSPS) is 18.6. The molecule has 1 saturated heterocycles. The first-order chi connectivity index (χ1) is 8.97. The number of benzene rings is 1. The molecule has 0 amide bonds. The number of para-hydroxylation sites is 1. The van der Waals surface area contributed by atoms with E-state index in [9.17, 15) is 9.90 Å². The third-order valence-corrected chi connectivity index (χ3v) is 4.71. The van der Waals surface area contributed by atoms with Gasteiger partial charge in [0.15, 0.2) is 0 Å². The second kappa shape index (κ2) is 5.51. The predicted octanol–water partition coefficient (Wildman–Crippen LogP) is 2.43. The minimum atomic E-state index is -0.724. The van der Waals surface area contributed by atoms with Crippen molar-refractivity contribution in [2.45, 2.75) is 18.4 Å². The minimum absolute atomic E-state index is 0.636. The molecule has 104 valence electrons. The van der Waals surface area contributed by atoms with Crippen molar-refractivity contribution in [3.8, 4) is 0 Å². The van der Waals surface area contributed by atoms with Gasteiger partial charge in [0.1, 0.15) is 5.54 Å². The highest BCUT2D eigenvalue weighted by Gasteiger charge is 2.43. The van der Waals surface area contributed by atoms with E-state index in [1.54, 1.807) is 0 Å². The quantitative estimate of drug-likeness (QED) is 0.926. The molecule has 2 rings (SSSR count). The molecule has 1 N–H and O–H groups in total. The van der Waals surface area contributed by atoms with Gasteiger partial charge in [-0.3, -0.25) is 9.69 Å². The van der Waals surface area contributed by atoms with Crippen LogP contribution in [0.5, 0.6) is 0 Å². The molecule has 1 aromatic rings. The fourth-order valence-electron chi connectivity index (χ4n) is 2.68. The lowest BCUT2D eigenvalue weighted by molar-refractivity contribution is -0.151. The van der Waals surface area contributed by atoms with Crippen molar-refractivity contribution >= 4 is 27.6 Å². The van der Waals surface area contributed by atoms with Crippen LogP contribution >= 0.6 is 15.9 Å². The number of aliphatic carboxylic acids is 1. The van der Waals surface area contributed by atoms with Crippen LogP contribution in [0.4, 0.5) is 5.69 Å². The molecular formula is C14H19BrN2O2. The summed E-state index contributed by atoms with van der Waals surface area (Å²) in [6, 6.07) is 8.07. The highest BCUT2D eigenvalue weighted by molar-refractivity contribution is 9.10. The lowest BCUT2D eigenvalue weighted by Gasteiger charge is -2.43. The Kier molecular flexibility index (Phi) is 4.16. The lowest BCUT2D eigenvalue weighted by Crippen LogP contribution is -2.57. The Morgan fingerprint density at radius 2 is 1.89 bits per heavy atom. The van der Waals surface area contributed by atoms with Gasteiger partial charge in [-0.05, 0) is 55.0 Å². The van der Waals surface area contributed by atoms with E-state index in [1.807, 2.05) is 37.2 Å². The SMILES string of the molecule is CN(C)C1(C(=O)O)CCN(c2ccccc2Br)CC1. The molecule has 0 radical (unpaired) electrons. The Hall–Kier alpha value is -1.07. The minimum Gasteiger partial charge on any atom is -0.480 e. The van der Waals surface area contributed by atoms with Crippen molar-refractivity contribution in [3.63, 3.8) is 0 Å². The fraction of sp³-hybridized carbons (Fsp3) is 0.500. The number of rotatable bonds is 3. The topological polar surface area (TPSA) is 43.8 Å². The molecule has 0 aliphatic carbocycles. The zero-order chi connectivity index (χ0) is 14.0. The fourth-order valence-corrected chi connectivity index (χ4v) is 3.21. The van der Waals surface area contributed by atoms with E-state index >= 15 is 0 Å². The summed E-state index contributed by atoms with van der Waals surface area (Å²) < 4.78 is 1.06. The summed E-state index contributed by atoms with van der Waals surface area (Å²) in [5.41, 5.74) is 0.415. The van der Waals surface area contributed by atoms with Gasteiger partial charge in [-0.15, -0.1) is 0 Å². The lowest BCUT2D eigenvalue weighted by atomic mass is 9.86. The summed E-state index contributed by atoms with van der Waals surface area (Å²) in [7, 11) is 3.70. The summed E-state index contributed by atoms with van der Waals surface area (Å²) in [5, 5.41) is 9.50. The van der Waals surface area contributed by atoms with E-state index in [0.717, 1.165) is 23.2 Å². The van der Waals surface area contributed by atoms with Crippen LogP contribution in [0.3, 0.4) is 0 Å². The third kappa shape index (κ3) is 2.62. The molecule has 5 heteroatoms. The molecule has 1 aliphatic rings. The van der Waals surface area contributed by atoms with E-state index in [2.05, 4.69) is 26.9 Å². The van der Waals surface area contributed by atoms with Gasteiger partial charge in [0, 0.05) is 17.6 Å². The second-order valence-corrected chi connectivity index (χ2v) is 6.02. The zero-order valence-corrected chi connectivity index (χ0v) is 12.9. The van der Waals surface area contributed by atoms with E-state index in [0.29, 0.717) is 12.8 Å². The van der Waals surface area contributed by atoms with Gasteiger partial charge in [0.25, 0.3) is 0 Å². The van der Waals surface area contributed by atoms with Gasteiger partial charge in [-0.2, -0.15) is 0 Å². The number of likely N-dealkylation sites (N-methyl/N-ethyl adjacent to an activating group) is 1. The van der Waals surface area contributed by atoms with Gasteiger partial charge >= 0.3 is 5.97 Å². The van der Waals surface area contributed by atoms with Crippen molar-refractivity contribution in [2.75, 3.05) is 32.1 Å². The summed E-state index contributed by atoms with van der Waals surface area (Å²) in [6.45, 7) is 1.51. The number of carboxylic acid groups (broad SMARTS) is 1. The number of piperidine rings is 1. The molecule has 0 spiro atoms. The first kappa shape index (κ1) is 14.3. The monoisotopic (exact) mass is 326 g/mol. The number of nitrogens with zero attached hydrogens (tertiary/aromatic N) is 2. The average molecular weight is 327 g/mol. The van der Waals surface area contributed by atoms with Gasteiger partial charge in [0.05, 0.1) is 5.69 Å². The average Bonchev–Trinajstić information content (AvgIpc) is 2.39. The molecule has 19 heavy (non-hydrogen) atoms. The van der Waals surface area contributed by atoms with Crippen LogP contribution in [0.25, 0.3) is 0 Å². The van der Waals surface area contributed by atoms with E-state index in [4.69, 9.17) is 0 Å². The smallest absolute Gasteiger partial charge is 0.324 e. The summed E-state index contributed by atoms with van der Waals surface area (Å²) >= 11 is 3.55. The highest BCUT2D eigenvalue weighted by atomic mass is 79.9. The third-order valence-electron chi connectivity index (χ3n) is 4.04. The van der Waals surface area contributed by atoms with Crippen LogP contribution in [0.2, 0.25) is 0 Å². The van der Waals surface area contributed by atoms with Crippen molar-refractivity contribution in [1.82, 2.24) is 4.90 Å². The molecule has 0 bridgehead atoms. The van der Waals surface area contributed by atoms with E-state index in [-0.39, 0.29) is 0 Å². The zero-order valence-electron chi connectivity index (χ0n) is 11.3. The highest BCUT2D eigenvalue weighted by Crippen LogP contribution is 2.33. The largest absolute Gasteiger partial charge is 0.480 e. The number of carbonyl (C=O) groups is 1. The summed E-state index contributed by atoms with van der Waals surface area (Å²) in [6.07, 6.45) is 1.27. The van der Waals surface area contributed by atoms with Gasteiger partial charge < -0.3 is 10.0 Å². The molecular weight excluding hydrogens is 308 g/mol. The summed E-state index contributed by atoms with van der Waals surface area (Å²) in [4.78, 5) is 15.6. The molecule has 0 unspecified atom stereocenters. The number of halogens is 1. The number of carboxylic acids is 1. The van der Waals surface area contributed by atoms with Gasteiger partial charge in [-0.25, -0.2) is 0 Å². The molecule has 1 aliphatic heterocycles. The van der Waals surface area contributed by atoms with Crippen molar-refractivity contribution in [2.24, 2.45) is 0 Å². The van der Waals surface area contributed by atoms with Crippen LogP contribution in [-0.2, 0) is 4.79 Å². The van der Waals surface area contributed by atoms with Crippen molar-refractivity contribution in [3.05, 3.63) is 28.7 Å². The number of hydrogen-bond acceptors (Lipinski definition) is 3. The van der Waals surface area contributed by atoms with Crippen LogP contribution in [0, 0.1) is 0 Å². The maximum atomic E-state index is 11.6. The van der Waals surface area contributed by atoms with E-state index in [1.165, 1.54) is 0 Å². The molecule has 0 atom stereocenters. The molecule has 0 saturated carbocycles.